The lowest BCUT2D eigenvalue weighted by atomic mass is 9.87. The van der Waals surface area contributed by atoms with Crippen molar-refractivity contribution < 1.29 is 9.53 Å². The molecular weight excluding hydrogens is 190 g/mol. The van der Waals surface area contributed by atoms with Gasteiger partial charge in [-0.2, -0.15) is 0 Å². The molecule has 0 radical (unpaired) electrons. The zero-order valence-corrected chi connectivity index (χ0v) is 10.6. The van der Waals surface area contributed by atoms with E-state index in [1.54, 1.807) is 0 Å². The highest BCUT2D eigenvalue weighted by atomic mass is 16.5. The van der Waals surface area contributed by atoms with Crippen LogP contribution in [0.2, 0.25) is 0 Å². The molecule has 0 atom stereocenters. The Bertz CT molecular complexity index is 178. The fraction of sp³-hybridized carbons (Fsp3) is 0.917. The van der Waals surface area contributed by atoms with Crippen molar-refractivity contribution in [2.45, 2.75) is 53.4 Å². The Kier molecular flexibility index (Phi) is 7.18. The highest BCUT2D eigenvalue weighted by Crippen LogP contribution is 2.23. The third kappa shape index (κ3) is 8.28. The fourth-order valence-electron chi connectivity index (χ4n) is 1.02. The number of rotatable bonds is 7. The Labute approximate surface area is 93.6 Å². The summed E-state index contributed by atoms with van der Waals surface area (Å²) in [5.41, 5.74) is 0.268. The van der Waals surface area contributed by atoms with Crippen LogP contribution in [-0.4, -0.2) is 19.2 Å². The predicted molar refractivity (Wildman–Crippen MR) is 62.9 cm³/mol. The number of nitrogens with one attached hydrogen (secondary N) is 1. The molecule has 15 heavy (non-hydrogen) atoms. The third-order valence-electron chi connectivity index (χ3n) is 2.77. The summed E-state index contributed by atoms with van der Waals surface area (Å²) in [6.45, 7) is 9.85. The Morgan fingerprint density at radius 2 is 2.00 bits per heavy atom. The van der Waals surface area contributed by atoms with E-state index >= 15 is 0 Å². The Balaban J connectivity index is 3.46. The van der Waals surface area contributed by atoms with Crippen molar-refractivity contribution in [1.82, 2.24) is 5.32 Å². The quantitative estimate of drug-likeness (QED) is 0.661. The van der Waals surface area contributed by atoms with Crippen molar-refractivity contribution in [1.29, 1.82) is 0 Å². The van der Waals surface area contributed by atoms with E-state index in [9.17, 15) is 4.79 Å². The molecule has 0 aliphatic heterocycles. The summed E-state index contributed by atoms with van der Waals surface area (Å²) in [6, 6.07) is 0. The van der Waals surface area contributed by atoms with Crippen LogP contribution in [0.15, 0.2) is 0 Å². The summed E-state index contributed by atoms with van der Waals surface area (Å²) in [6.07, 6.45) is 3.84. The van der Waals surface area contributed by atoms with Gasteiger partial charge >= 0.3 is 6.09 Å². The second-order valence-corrected chi connectivity index (χ2v) is 4.68. The third-order valence-corrected chi connectivity index (χ3v) is 2.77. The molecule has 1 N–H and O–H groups in total. The topological polar surface area (TPSA) is 38.3 Å². The lowest BCUT2D eigenvalue weighted by Crippen LogP contribution is -2.26. The summed E-state index contributed by atoms with van der Waals surface area (Å²) < 4.78 is 5.08. The molecule has 0 fully saturated rings. The number of unbranched alkanes of at least 4 members (excludes halogenated alkanes) is 1. The second kappa shape index (κ2) is 7.55. The van der Waals surface area contributed by atoms with Crippen LogP contribution in [0.25, 0.3) is 0 Å². The zero-order valence-electron chi connectivity index (χ0n) is 10.6. The van der Waals surface area contributed by atoms with Gasteiger partial charge in [0, 0.05) is 6.54 Å². The van der Waals surface area contributed by atoms with E-state index in [4.69, 9.17) is 4.74 Å². The van der Waals surface area contributed by atoms with Crippen LogP contribution < -0.4 is 5.32 Å². The molecule has 0 bridgehead atoms. The fourth-order valence-corrected chi connectivity index (χ4v) is 1.02. The van der Waals surface area contributed by atoms with E-state index in [-0.39, 0.29) is 11.5 Å². The van der Waals surface area contributed by atoms with Gasteiger partial charge in [-0.15, -0.1) is 0 Å². The Morgan fingerprint density at radius 1 is 1.33 bits per heavy atom. The first kappa shape index (κ1) is 14.3. The molecule has 0 saturated carbocycles. The van der Waals surface area contributed by atoms with Crippen molar-refractivity contribution in [3.63, 3.8) is 0 Å². The van der Waals surface area contributed by atoms with Crippen LogP contribution in [0, 0.1) is 5.41 Å². The molecule has 0 aromatic carbocycles. The minimum absolute atomic E-state index is 0.268. The van der Waals surface area contributed by atoms with Gasteiger partial charge in [0.1, 0.15) is 0 Å². The van der Waals surface area contributed by atoms with E-state index in [0.29, 0.717) is 13.2 Å². The van der Waals surface area contributed by atoms with E-state index in [0.717, 1.165) is 25.7 Å². The van der Waals surface area contributed by atoms with Crippen molar-refractivity contribution in [3.05, 3.63) is 0 Å². The number of amides is 1. The van der Waals surface area contributed by atoms with Crippen molar-refractivity contribution in [2.24, 2.45) is 5.41 Å². The smallest absolute Gasteiger partial charge is 0.407 e. The Morgan fingerprint density at radius 3 is 2.53 bits per heavy atom. The maximum absolute atomic E-state index is 11.2. The van der Waals surface area contributed by atoms with Crippen LogP contribution in [0.3, 0.4) is 0 Å². The molecule has 90 valence electrons. The van der Waals surface area contributed by atoms with Crippen LogP contribution in [0.4, 0.5) is 4.79 Å². The molecule has 0 rings (SSSR count). The lowest BCUT2D eigenvalue weighted by molar-refractivity contribution is 0.127. The van der Waals surface area contributed by atoms with Crippen LogP contribution in [0.5, 0.6) is 0 Å². The summed E-state index contributed by atoms with van der Waals surface area (Å²) in [5.74, 6) is 0. The summed E-state index contributed by atoms with van der Waals surface area (Å²) >= 11 is 0. The SMILES string of the molecule is CCCCNC(=O)OCCC(C)(C)CC. The number of ether oxygens (including phenoxy) is 1. The van der Waals surface area contributed by atoms with E-state index in [1.807, 2.05) is 0 Å². The highest BCUT2D eigenvalue weighted by molar-refractivity contribution is 5.66. The molecule has 0 aromatic rings. The van der Waals surface area contributed by atoms with Crippen molar-refractivity contribution in [3.8, 4) is 0 Å². The van der Waals surface area contributed by atoms with Crippen LogP contribution >= 0.6 is 0 Å². The second-order valence-electron chi connectivity index (χ2n) is 4.68. The minimum atomic E-state index is -0.282. The number of hydrogen-bond donors (Lipinski definition) is 1. The summed E-state index contributed by atoms with van der Waals surface area (Å²) in [7, 11) is 0. The molecule has 0 aliphatic rings. The highest BCUT2D eigenvalue weighted by Gasteiger charge is 2.15. The number of carbonyl (C=O) groups is 1. The number of carbonyl (C=O) groups excluding carboxylic acids is 1. The number of hydrogen-bond acceptors (Lipinski definition) is 2. The van der Waals surface area contributed by atoms with Crippen molar-refractivity contribution >= 4 is 6.09 Å². The molecule has 0 saturated heterocycles. The van der Waals surface area contributed by atoms with Gasteiger partial charge in [0.05, 0.1) is 6.61 Å². The van der Waals surface area contributed by atoms with E-state index < -0.39 is 0 Å². The summed E-state index contributed by atoms with van der Waals surface area (Å²) in [5, 5.41) is 2.73. The maximum atomic E-state index is 11.2. The first-order chi connectivity index (χ1) is 7.02. The first-order valence-corrected chi connectivity index (χ1v) is 5.92. The normalized spacial score (nSPS) is 11.2. The molecule has 3 heteroatoms. The van der Waals surface area contributed by atoms with Crippen LogP contribution in [0.1, 0.15) is 53.4 Å². The molecule has 3 nitrogen and oxygen atoms in total. The predicted octanol–water partition coefficient (Wildman–Crippen LogP) is 3.34. The molecule has 0 spiro atoms. The zero-order chi connectivity index (χ0) is 11.7. The molecule has 0 unspecified atom stereocenters. The lowest BCUT2D eigenvalue weighted by Gasteiger charge is -2.21. The minimum Gasteiger partial charge on any atom is -0.450 e. The Hall–Kier alpha value is -0.730. The average molecular weight is 215 g/mol. The van der Waals surface area contributed by atoms with Gasteiger partial charge in [-0.05, 0) is 18.3 Å². The standard InChI is InChI=1S/C12H25NO2/c1-5-7-9-13-11(14)15-10-8-12(3,4)6-2/h5-10H2,1-4H3,(H,13,14). The van der Waals surface area contributed by atoms with Gasteiger partial charge in [0.15, 0.2) is 0 Å². The van der Waals surface area contributed by atoms with E-state index in [2.05, 4.69) is 33.0 Å². The molecule has 0 aromatic heterocycles. The van der Waals surface area contributed by atoms with Gasteiger partial charge in [0.25, 0.3) is 0 Å². The monoisotopic (exact) mass is 215 g/mol. The average Bonchev–Trinajstić information content (AvgIpc) is 2.18. The summed E-state index contributed by atoms with van der Waals surface area (Å²) in [4.78, 5) is 11.2. The molecule has 0 heterocycles. The van der Waals surface area contributed by atoms with Gasteiger partial charge in [0.2, 0.25) is 0 Å². The largest absolute Gasteiger partial charge is 0.450 e. The van der Waals surface area contributed by atoms with Gasteiger partial charge < -0.3 is 10.1 Å². The van der Waals surface area contributed by atoms with Gasteiger partial charge in [-0.1, -0.05) is 40.5 Å². The molecule has 1 amide bonds. The van der Waals surface area contributed by atoms with Crippen molar-refractivity contribution in [2.75, 3.05) is 13.2 Å². The van der Waals surface area contributed by atoms with Gasteiger partial charge in [-0.3, -0.25) is 0 Å². The maximum Gasteiger partial charge on any atom is 0.407 e. The molecular formula is C12H25NO2. The first-order valence-electron chi connectivity index (χ1n) is 5.92. The van der Waals surface area contributed by atoms with Crippen LogP contribution in [-0.2, 0) is 4.74 Å². The van der Waals surface area contributed by atoms with Gasteiger partial charge in [-0.25, -0.2) is 4.79 Å². The number of alkyl carbamates (subject to hydrolysis) is 1. The van der Waals surface area contributed by atoms with E-state index in [1.165, 1.54) is 0 Å². The molecule has 0 aliphatic carbocycles.